The Labute approximate surface area is 195 Å². The van der Waals surface area contributed by atoms with E-state index < -0.39 is 5.91 Å². The Morgan fingerprint density at radius 1 is 1.12 bits per heavy atom. The Balaban J connectivity index is 1.63. The van der Waals surface area contributed by atoms with E-state index in [2.05, 4.69) is 10.4 Å². The number of ether oxygens (including phenoxy) is 1. The van der Waals surface area contributed by atoms with Crippen LogP contribution < -0.4 is 10.2 Å². The van der Waals surface area contributed by atoms with Crippen LogP contribution in [0.5, 0.6) is 11.5 Å². The molecule has 3 aromatic carbocycles. The van der Waals surface area contributed by atoms with Gasteiger partial charge in [0.2, 0.25) is 5.91 Å². The summed E-state index contributed by atoms with van der Waals surface area (Å²) < 4.78 is 5.13. The van der Waals surface area contributed by atoms with Gasteiger partial charge in [-0.15, -0.1) is 0 Å². The predicted octanol–water partition coefficient (Wildman–Crippen LogP) is 3.96. The van der Waals surface area contributed by atoms with Crippen LogP contribution in [0.1, 0.15) is 16.7 Å². The lowest BCUT2D eigenvalue weighted by molar-refractivity contribution is -0.133. The van der Waals surface area contributed by atoms with E-state index in [9.17, 15) is 14.7 Å². The highest BCUT2D eigenvalue weighted by Crippen LogP contribution is 2.28. The highest BCUT2D eigenvalue weighted by Gasteiger charge is 2.32. The maximum atomic E-state index is 13.2. The number of methoxy groups -OCH3 is 1. The number of phenols is 1. The molecule has 2 amide bonds. The number of rotatable bonds is 6. The Bertz CT molecular complexity index is 1250. The lowest BCUT2D eigenvalue weighted by atomic mass is 10.1. The number of hydrazine groups is 1. The van der Waals surface area contributed by atoms with Gasteiger partial charge in [-0.2, -0.15) is 5.01 Å². The number of amides is 2. The number of aromatic hydroxyl groups is 1. The summed E-state index contributed by atoms with van der Waals surface area (Å²) in [5, 5.41) is 11.5. The summed E-state index contributed by atoms with van der Waals surface area (Å²) >= 11 is 5.90. The second kappa shape index (κ2) is 9.58. The second-order valence-corrected chi connectivity index (χ2v) is 7.68. The van der Waals surface area contributed by atoms with Gasteiger partial charge >= 0.3 is 0 Å². The number of hydrogen-bond donors (Lipinski definition) is 2. The zero-order chi connectivity index (χ0) is 23.4. The van der Waals surface area contributed by atoms with E-state index >= 15 is 0 Å². The van der Waals surface area contributed by atoms with Crippen LogP contribution in [-0.2, 0) is 16.0 Å². The first kappa shape index (κ1) is 22.1. The van der Waals surface area contributed by atoms with Crippen molar-refractivity contribution in [3.05, 3.63) is 100 Å². The van der Waals surface area contributed by atoms with Gasteiger partial charge in [0.15, 0.2) is 17.3 Å². The summed E-state index contributed by atoms with van der Waals surface area (Å²) in [4.78, 5) is 30.4. The molecule has 4 rings (SSSR count). The summed E-state index contributed by atoms with van der Waals surface area (Å²) in [7, 11) is 1.44. The molecule has 0 fully saturated rings. The molecule has 2 N–H and O–H groups in total. The monoisotopic (exact) mass is 461 g/mol. The molecule has 1 aliphatic heterocycles. The predicted molar refractivity (Wildman–Crippen MR) is 126 cm³/mol. The molecule has 0 spiro atoms. The van der Waals surface area contributed by atoms with Gasteiger partial charge in [-0.25, -0.2) is 4.99 Å². The number of amidine groups is 1. The van der Waals surface area contributed by atoms with Crippen LogP contribution >= 0.6 is 11.6 Å². The number of benzene rings is 3. The van der Waals surface area contributed by atoms with Crippen molar-refractivity contribution in [3.8, 4) is 11.5 Å². The van der Waals surface area contributed by atoms with Gasteiger partial charge in [0, 0.05) is 10.6 Å². The first-order chi connectivity index (χ1) is 15.9. The minimum absolute atomic E-state index is 0.0121. The summed E-state index contributed by atoms with van der Waals surface area (Å²) in [5.74, 6) is -0.286. The molecule has 0 radical (unpaired) electrons. The Hall–Kier alpha value is -4.10. The molecule has 33 heavy (non-hydrogen) atoms. The van der Waals surface area contributed by atoms with Gasteiger partial charge in [0.1, 0.15) is 5.70 Å². The van der Waals surface area contributed by atoms with E-state index in [1.807, 2.05) is 18.2 Å². The third-order valence-corrected chi connectivity index (χ3v) is 5.17. The molecule has 0 aromatic heterocycles. The first-order valence-electron chi connectivity index (χ1n) is 10.1. The maximum absolute atomic E-state index is 13.2. The Morgan fingerprint density at radius 2 is 1.85 bits per heavy atom. The number of nitrogens with one attached hydrogen (secondary N) is 1. The van der Waals surface area contributed by atoms with Gasteiger partial charge in [-0.1, -0.05) is 60.1 Å². The summed E-state index contributed by atoms with van der Waals surface area (Å²) in [6, 6.07) is 20.7. The zero-order valence-electron chi connectivity index (χ0n) is 17.7. The van der Waals surface area contributed by atoms with Crippen LogP contribution in [0.4, 0.5) is 0 Å². The molecule has 0 unspecified atom stereocenters. The van der Waals surface area contributed by atoms with E-state index in [0.717, 1.165) is 10.6 Å². The van der Waals surface area contributed by atoms with Crippen molar-refractivity contribution in [1.82, 2.24) is 10.4 Å². The molecule has 8 heteroatoms. The van der Waals surface area contributed by atoms with Crippen LogP contribution in [-0.4, -0.2) is 34.9 Å². The number of phenolic OH excluding ortho intramolecular Hbond substituents is 1. The normalized spacial score (nSPS) is 14.4. The van der Waals surface area contributed by atoms with E-state index in [4.69, 9.17) is 16.3 Å². The van der Waals surface area contributed by atoms with Crippen molar-refractivity contribution >= 4 is 35.3 Å². The highest BCUT2D eigenvalue weighted by atomic mass is 35.5. The standard InChI is InChI=1S/C25H20ClN3O4/c1-33-22-14-17(9-12-21(22)30)13-20-25(32)29(24(27-20)18-5-3-2-4-6-18)28-23(31)15-16-7-10-19(26)11-8-16/h2-14,30H,15H2,1H3,(H,28,31)/b20-13-. The number of carbonyl (C=O) groups excluding carboxylic acids is 2. The average molecular weight is 462 g/mol. The van der Waals surface area contributed by atoms with Crippen LogP contribution in [0.2, 0.25) is 5.02 Å². The van der Waals surface area contributed by atoms with Crippen LogP contribution in [0.15, 0.2) is 83.5 Å². The van der Waals surface area contributed by atoms with Crippen molar-refractivity contribution in [2.45, 2.75) is 6.42 Å². The SMILES string of the molecule is COc1cc(/C=C2\N=C(c3ccccc3)N(NC(=O)Cc3ccc(Cl)cc3)C2=O)ccc1O. The quantitative estimate of drug-likeness (QED) is 0.543. The third-order valence-electron chi connectivity index (χ3n) is 4.91. The molecule has 0 saturated carbocycles. The molecule has 0 saturated heterocycles. The fourth-order valence-corrected chi connectivity index (χ4v) is 3.42. The number of hydrogen-bond acceptors (Lipinski definition) is 5. The summed E-state index contributed by atoms with van der Waals surface area (Å²) in [6.45, 7) is 0. The number of aliphatic imine (C=N–C) groups is 1. The molecular weight excluding hydrogens is 442 g/mol. The number of carbonyl (C=O) groups is 2. The molecule has 3 aromatic rings. The fraction of sp³-hybridized carbons (Fsp3) is 0.0800. The van der Waals surface area contributed by atoms with E-state index in [-0.39, 0.29) is 29.5 Å². The fourth-order valence-electron chi connectivity index (χ4n) is 3.30. The topological polar surface area (TPSA) is 91.2 Å². The molecule has 0 aliphatic carbocycles. The minimum atomic E-state index is -0.481. The van der Waals surface area contributed by atoms with E-state index in [1.54, 1.807) is 54.6 Å². The number of nitrogens with zero attached hydrogens (tertiary/aromatic N) is 2. The van der Waals surface area contributed by atoms with Gasteiger partial charge < -0.3 is 9.84 Å². The Kier molecular flexibility index (Phi) is 6.42. The van der Waals surface area contributed by atoms with Crippen molar-refractivity contribution in [2.75, 3.05) is 7.11 Å². The minimum Gasteiger partial charge on any atom is -0.504 e. The largest absolute Gasteiger partial charge is 0.504 e. The van der Waals surface area contributed by atoms with Crippen molar-refractivity contribution in [3.63, 3.8) is 0 Å². The summed E-state index contributed by atoms with van der Waals surface area (Å²) in [6.07, 6.45) is 1.63. The first-order valence-corrected chi connectivity index (χ1v) is 10.4. The smallest absolute Gasteiger partial charge is 0.297 e. The lowest BCUT2D eigenvalue weighted by Crippen LogP contribution is -2.48. The third kappa shape index (κ3) is 5.05. The van der Waals surface area contributed by atoms with Crippen molar-refractivity contribution in [2.24, 2.45) is 4.99 Å². The van der Waals surface area contributed by atoms with Gasteiger partial charge in [0.25, 0.3) is 5.91 Å². The lowest BCUT2D eigenvalue weighted by Gasteiger charge is -2.19. The molecule has 0 atom stereocenters. The maximum Gasteiger partial charge on any atom is 0.297 e. The van der Waals surface area contributed by atoms with Gasteiger partial charge in [-0.3, -0.25) is 15.0 Å². The van der Waals surface area contributed by atoms with Crippen LogP contribution in [0.3, 0.4) is 0 Å². The van der Waals surface area contributed by atoms with Gasteiger partial charge in [-0.05, 0) is 41.5 Å². The van der Waals surface area contributed by atoms with Crippen molar-refractivity contribution in [1.29, 1.82) is 0 Å². The summed E-state index contributed by atoms with van der Waals surface area (Å²) in [5.41, 5.74) is 4.83. The van der Waals surface area contributed by atoms with E-state index in [1.165, 1.54) is 13.2 Å². The van der Waals surface area contributed by atoms with Crippen LogP contribution in [0, 0.1) is 0 Å². The molecule has 166 valence electrons. The average Bonchev–Trinajstić information content (AvgIpc) is 3.12. The van der Waals surface area contributed by atoms with Crippen LogP contribution in [0.25, 0.3) is 6.08 Å². The molecule has 0 bridgehead atoms. The molecule has 1 aliphatic rings. The molecule has 1 heterocycles. The van der Waals surface area contributed by atoms with E-state index in [0.29, 0.717) is 22.0 Å². The second-order valence-electron chi connectivity index (χ2n) is 7.24. The zero-order valence-corrected chi connectivity index (χ0v) is 18.4. The van der Waals surface area contributed by atoms with Crippen molar-refractivity contribution < 1.29 is 19.4 Å². The molecular formula is C25H20ClN3O4. The Morgan fingerprint density at radius 3 is 2.55 bits per heavy atom. The number of halogens is 1. The van der Waals surface area contributed by atoms with Gasteiger partial charge in [0.05, 0.1) is 13.5 Å². The highest BCUT2D eigenvalue weighted by molar-refractivity contribution is 6.30. The molecule has 7 nitrogen and oxygen atoms in total.